The molecule has 0 N–H and O–H groups in total. The summed E-state index contributed by atoms with van der Waals surface area (Å²) in [6.07, 6.45) is -4.56. The lowest BCUT2D eigenvalue weighted by Gasteiger charge is -2.24. The molecule has 1 heterocycles. The second-order valence-corrected chi connectivity index (χ2v) is 4.34. The topological polar surface area (TPSA) is 20.1 Å². The van der Waals surface area contributed by atoms with E-state index in [1.165, 1.54) is 24.3 Å². The van der Waals surface area contributed by atoms with E-state index in [-0.39, 0.29) is 11.3 Å². The fourth-order valence-corrected chi connectivity index (χ4v) is 2.45. The van der Waals surface area contributed by atoms with Gasteiger partial charge in [-0.25, -0.2) is 4.79 Å². The van der Waals surface area contributed by atoms with Crippen molar-refractivity contribution in [1.29, 1.82) is 0 Å². The molecule has 1 amide bonds. The SMILES string of the molecule is O=C1C(=CS)C(C(F)(F)F)c2ccccc2[N+]1=S. The molecular formula is C11H7F3NOS2+. The number of amides is 1. The van der Waals surface area contributed by atoms with Gasteiger partial charge in [-0.3, -0.25) is 0 Å². The maximum Gasteiger partial charge on any atom is 0.436 e. The number of fused-ring (bicyclic) bond motifs is 1. The van der Waals surface area contributed by atoms with E-state index in [9.17, 15) is 18.0 Å². The third kappa shape index (κ3) is 1.97. The number of alkyl halides is 3. The van der Waals surface area contributed by atoms with Crippen molar-refractivity contribution >= 4 is 36.6 Å². The number of para-hydroxylation sites is 1. The predicted octanol–water partition coefficient (Wildman–Crippen LogP) is 3.06. The van der Waals surface area contributed by atoms with Crippen LogP contribution < -0.4 is 0 Å². The molecule has 1 aliphatic rings. The normalized spacial score (nSPS) is 22.2. The van der Waals surface area contributed by atoms with Crippen LogP contribution in [0.4, 0.5) is 18.9 Å². The maximum atomic E-state index is 13.1. The highest BCUT2D eigenvalue weighted by atomic mass is 32.1. The lowest BCUT2D eigenvalue weighted by Crippen LogP contribution is -2.34. The van der Waals surface area contributed by atoms with Gasteiger partial charge in [-0.1, -0.05) is 18.2 Å². The highest BCUT2D eigenvalue weighted by Crippen LogP contribution is 2.47. The van der Waals surface area contributed by atoms with Crippen LogP contribution in [-0.2, 0) is 17.2 Å². The molecule has 0 bridgehead atoms. The molecule has 0 radical (unpaired) electrons. The number of hydrogen-bond acceptors (Lipinski definition) is 3. The van der Waals surface area contributed by atoms with Gasteiger partial charge < -0.3 is 0 Å². The first-order valence-corrected chi connectivity index (χ1v) is 5.77. The lowest BCUT2D eigenvalue weighted by molar-refractivity contribution is -0.341. The number of rotatable bonds is 0. The van der Waals surface area contributed by atoms with Crippen molar-refractivity contribution in [3.8, 4) is 0 Å². The van der Waals surface area contributed by atoms with Gasteiger partial charge in [0.05, 0.1) is 5.57 Å². The summed E-state index contributed by atoms with van der Waals surface area (Å²) in [5.74, 6) is -2.83. The molecule has 18 heavy (non-hydrogen) atoms. The van der Waals surface area contributed by atoms with Crippen molar-refractivity contribution in [3.63, 3.8) is 0 Å². The van der Waals surface area contributed by atoms with Crippen LogP contribution in [-0.4, -0.2) is 16.0 Å². The number of carbonyl (C=O) groups is 1. The van der Waals surface area contributed by atoms with Crippen molar-refractivity contribution in [2.24, 2.45) is 0 Å². The van der Waals surface area contributed by atoms with Gasteiger partial charge in [0.2, 0.25) is 5.69 Å². The highest BCUT2D eigenvalue weighted by Gasteiger charge is 2.53. The summed E-state index contributed by atoms with van der Waals surface area (Å²) in [4.78, 5) is 11.8. The molecule has 7 heteroatoms. The van der Waals surface area contributed by atoms with Crippen molar-refractivity contribution < 1.29 is 21.9 Å². The molecule has 1 aromatic carbocycles. The number of carbonyl (C=O) groups excluding carboxylic acids is 1. The van der Waals surface area contributed by atoms with Crippen LogP contribution in [0.5, 0.6) is 0 Å². The van der Waals surface area contributed by atoms with Gasteiger partial charge in [0.1, 0.15) is 5.92 Å². The zero-order valence-electron chi connectivity index (χ0n) is 8.81. The van der Waals surface area contributed by atoms with Gasteiger partial charge in [-0.05, 0) is 9.35 Å². The van der Waals surface area contributed by atoms with Crippen LogP contribution in [0.1, 0.15) is 11.5 Å². The fraction of sp³-hybridized carbons (Fsp3) is 0.182. The van der Waals surface area contributed by atoms with E-state index in [0.717, 1.165) is 9.35 Å². The summed E-state index contributed by atoms with van der Waals surface area (Å²) in [6, 6.07) is 5.73. The molecule has 0 fully saturated rings. The second-order valence-electron chi connectivity index (χ2n) is 3.72. The van der Waals surface area contributed by atoms with E-state index in [2.05, 4.69) is 12.6 Å². The Morgan fingerprint density at radius 3 is 2.50 bits per heavy atom. The quantitative estimate of drug-likeness (QED) is 0.450. The number of thiol groups is 1. The van der Waals surface area contributed by atoms with Gasteiger partial charge in [0, 0.05) is 11.6 Å². The van der Waals surface area contributed by atoms with Crippen LogP contribution in [0.15, 0.2) is 35.2 Å². The average molecular weight is 290 g/mol. The van der Waals surface area contributed by atoms with Gasteiger partial charge in [-0.2, -0.15) is 25.8 Å². The molecule has 0 saturated carbocycles. The molecule has 94 valence electrons. The molecular weight excluding hydrogens is 283 g/mol. The fourth-order valence-electron chi connectivity index (χ4n) is 1.92. The van der Waals surface area contributed by atoms with Gasteiger partial charge >= 0.3 is 12.1 Å². The van der Waals surface area contributed by atoms with Crippen molar-refractivity contribution in [2.45, 2.75) is 12.1 Å². The first-order valence-electron chi connectivity index (χ1n) is 4.89. The molecule has 1 unspecified atom stereocenters. The predicted molar refractivity (Wildman–Crippen MR) is 64.6 cm³/mol. The minimum Gasteiger partial charge on any atom is -0.213 e. The average Bonchev–Trinajstić information content (AvgIpc) is 2.32. The molecule has 2 rings (SSSR count). The number of halogens is 3. The molecule has 1 atom stereocenters. The van der Waals surface area contributed by atoms with E-state index in [0.29, 0.717) is 0 Å². The Morgan fingerprint density at radius 2 is 1.94 bits per heavy atom. The third-order valence-corrected chi connectivity index (χ3v) is 3.32. The zero-order valence-corrected chi connectivity index (χ0v) is 10.5. The summed E-state index contributed by atoms with van der Waals surface area (Å²) < 4.78 is 40.0. The Hall–Kier alpha value is -1.21. The molecule has 1 aromatic rings. The first kappa shape index (κ1) is 13.2. The van der Waals surface area contributed by atoms with Crippen molar-refractivity contribution in [1.82, 2.24) is 0 Å². The number of hydrogen-bond donors (Lipinski definition) is 1. The van der Waals surface area contributed by atoms with Gasteiger partial charge in [0.15, 0.2) is 0 Å². The van der Waals surface area contributed by atoms with Crippen LogP contribution >= 0.6 is 12.6 Å². The zero-order chi connectivity index (χ0) is 13.5. The molecule has 0 aromatic heterocycles. The lowest BCUT2D eigenvalue weighted by atomic mass is 9.86. The Labute approximate surface area is 112 Å². The molecule has 0 aliphatic carbocycles. The monoisotopic (exact) mass is 290 g/mol. The van der Waals surface area contributed by atoms with Gasteiger partial charge in [-0.15, -0.1) is 0 Å². The number of nitrogens with zero attached hydrogens (tertiary/aromatic N) is 1. The minimum absolute atomic E-state index is 0.0279. The van der Waals surface area contributed by atoms with E-state index in [1.807, 2.05) is 0 Å². The smallest absolute Gasteiger partial charge is 0.213 e. The Morgan fingerprint density at radius 1 is 1.33 bits per heavy atom. The molecule has 0 saturated heterocycles. The second kappa shape index (κ2) is 4.47. The Kier molecular flexibility index (Phi) is 3.29. The summed E-state index contributed by atoms with van der Waals surface area (Å²) in [6.45, 7) is 0. The largest absolute Gasteiger partial charge is 0.436 e. The Bertz CT molecular complexity index is 566. The maximum absolute atomic E-state index is 13.1. The number of benzene rings is 1. The van der Waals surface area contributed by atoms with E-state index >= 15 is 0 Å². The van der Waals surface area contributed by atoms with Crippen molar-refractivity contribution in [3.05, 3.63) is 40.8 Å². The highest BCUT2D eigenvalue weighted by molar-refractivity contribution is 7.83. The summed E-state index contributed by atoms with van der Waals surface area (Å²) in [7, 11) is 0. The summed E-state index contributed by atoms with van der Waals surface area (Å²) in [5, 5.41) is 0.871. The van der Waals surface area contributed by atoms with Crippen LogP contribution in [0.3, 0.4) is 0 Å². The van der Waals surface area contributed by atoms with Crippen molar-refractivity contribution in [2.75, 3.05) is 0 Å². The van der Waals surface area contributed by atoms with Crippen LogP contribution in [0.25, 0.3) is 0 Å². The van der Waals surface area contributed by atoms with E-state index in [4.69, 9.17) is 12.4 Å². The standard InChI is InChI=1S/C11H6F3NOS2/c12-11(13,14)9-6-3-1-2-4-8(6)15(18)10(16)7(9)5-17/h1-5,9H/p+1. The van der Waals surface area contributed by atoms with Gasteiger partial charge in [0.25, 0.3) is 12.4 Å². The summed E-state index contributed by atoms with van der Waals surface area (Å²) in [5.41, 5.74) is -0.391. The van der Waals surface area contributed by atoms with Crippen LogP contribution in [0, 0.1) is 0 Å². The van der Waals surface area contributed by atoms with E-state index < -0.39 is 23.6 Å². The van der Waals surface area contributed by atoms with E-state index in [1.54, 1.807) is 0 Å². The Balaban J connectivity index is 2.74. The third-order valence-electron chi connectivity index (χ3n) is 2.68. The minimum atomic E-state index is -4.56. The molecule has 2 nitrogen and oxygen atoms in total. The molecule has 0 spiro atoms. The summed E-state index contributed by atoms with van der Waals surface area (Å²) >= 11 is 8.52. The molecule has 1 aliphatic heterocycles. The first-order chi connectivity index (χ1) is 8.38. The van der Waals surface area contributed by atoms with Crippen LogP contribution in [0.2, 0.25) is 0 Å².